The van der Waals surface area contributed by atoms with Crippen molar-refractivity contribution < 1.29 is 14.3 Å². The van der Waals surface area contributed by atoms with Crippen molar-refractivity contribution in [1.82, 2.24) is 25.3 Å². The lowest BCUT2D eigenvalue weighted by molar-refractivity contribution is -0.115. The zero-order valence-corrected chi connectivity index (χ0v) is 15.9. The average Bonchev–Trinajstić information content (AvgIpc) is 3.28. The van der Waals surface area contributed by atoms with E-state index in [2.05, 4.69) is 25.9 Å². The van der Waals surface area contributed by atoms with Crippen LogP contribution in [-0.2, 0) is 23.0 Å². The summed E-state index contributed by atoms with van der Waals surface area (Å²) in [6.07, 6.45) is 4.15. The van der Waals surface area contributed by atoms with Gasteiger partial charge in [0.05, 0.1) is 18.2 Å². The summed E-state index contributed by atoms with van der Waals surface area (Å²) in [5, 5.41) is 17.1. The summed E-state index contributed by atoms with van der Waals surface area (Å²) in [6.45, 7) is 3.65. The standard InChI is InChI=1S/C18H26N6O3/c1-11(2)27-18(26)19-13-5-4-12(8-13)15-10-16(22-21-15)20-17(25)9-14-6-7-24(3)23-14/h6-7,10-13H,4-5,8-9H2,1-3H3,(H,19,26)(H2,20,21,22,25)/t12-,13+/m0/s1. The number of carbonyl (C=O) groups excluding carboxylic acids is 2. The Labute approximate surface area is 157 Å². The van der Waals surface area contributed by atoms with Crippen LogP contribution >= 0.6 is 0 Å². The number of nitrogens with one attached hydrogen (secondary N) is 3. The van der Waals surface area contributed by atoms with E-state index in [1.54, 1.807) is 10.9 Å². The predicted octanol–water partition coefficient (Wildman–Crippen LogP) is 2.10. The summed E-state index contributed by atoms with van der Waals surface area (Å²) < 4.78 is 6.79. The number of carbonyl (C=O) groups is 2. The Hall–Kier alpha value is -2.84. The second-order valence-corrected chi connectivity index (χ2v) is 7.22. The van der Waals surface area contributed by atoms with E-state index in [1.807, 2.05) is 33.0 Å². The Morgan fingerprint density at radius 1 is 1.41 bits per heavy atom. The molecule has 0 saturated heterocycles. The first-order valence-corrected chi connectivity index (χ1v) is 9.20. The van der Waals surface area contributed by atoms with Gasteiger partial charge in [0, 0.05) is 37.0 Å². The van der Waals surface area contributed by atoms with Crippen LogP contribution in [0.2, 0.25) is 0 Å². The minimum Gasteiger partial charge on any atom is -0.447 e. The zero-order chi connectivity index (χ0) is 19.4. The third-order valence-electron chi connectivity index (χ3n) is 4.51. The number of rotatable bonds is 6. The van der Waals surface area contributed by atoms with Gasteiger partial charge in [-0.3, -0.25) is 14.6 Å². The number of aromatic nitrogens is 4. The quantitative estimate of drug-likeness (QED) is 0.716. The fraction of sp³-hybridized carbons (Fsp3) is 0.556. The van der Waals surface area contributed by atoms with Gasteiger partial charge >= 0.3 is 6.09 Å². The molecule has 2 aromatic rings. The normalized spacial score (nSPS) is 19.3. The molecular weight excluding hydrogens is 348 g/mol. The monoisotopic (exact) mass is 374 g/mol. The van der Waals surface area contributed by atoms with Crippen molar-refractivity contribution in [3.05, 3.63) is 29.7 Å². The Balaban J connectivity index is 1.49. The molecule has 9 nitrogen and oxygen atoms in total. The van der Waals surface area contributed by atoms with Crippen LogP contribution < -0.4 is 10.6 Å². The Kier molecular flexibility index (Phi) is 5.78. The smallest absolute Gasteiger partial charge is 0.407 e. The lowest BCUT2D eigenvalue weighted by Gasteiger charge is -2.14. The van der Waals surface area contributed by atoms with E-state index in [1.165, 1.54) is 0 Å². The van der Waals surface area contributed by atoms with Gasteiger partial charge in [-0.2, -0.15) is 10.2 Å². The molecule has 1 saturated carbocycles. The highest BCUT2D eigenvalue weighted by Gasteiger charge is 2.29. The highest BCUT2D eigenvalue weighted by Crippen LogP contribution is 2.34. The van der Waals surface area contributed by atoms with Crippen molar-refractivity contribution >= 4 is 17.8 Å². The van der Waals surface area contributed by atoms with E-state index < -0.39 is 0 Å². The van der Waals surface area contributed by atoms with Crippen molar-refractivity contribution in [2.75, 3.05) is 5.32 Å². The molecule has 0 radical (unpaired) electrons. The minimum atomic E-state index is -0.372. The molecule has 1 aliphatic carbocycles. The van der Waals surface area contributed by atoms with Crippen molar-refractivity contribution in [1.29, 1.82) is 0 Å². The molecule has 9 heteroatoms. The van der Waals surface area contributed by atoms with Gasteiger partial charge < -0.3 is 15.4 Å². The number of hydrogen-bond acceptors (Lipinski definition) is 5. The number of hydrogen-bond donors (Lipinski definition) is 3. The molecule has 3 rings (SSSR count). The van der Waals surface area contributed by atoms with Gasteiger partial charge in [-0.25, -0.2) is 4.79 Å². The van der Waals surface area contributed by atoms with Gasteiger partial charge in [0.2, 0.25) is 5.91 Å². The molecule has 0 aromatic carbocycles. The van der Waals surface area contributed by atoms with Gasteiger partial charge in [0.15, 0.2) is 5.82 Å². The largest absolute Gasteiger partial charge is 0.447 e. The summed E-state index contributed by atoms with van der Waals surface area (Å²) in [5.41, 5.74) is 1.67. The first-order valence-electron chi connectivity index (χ1n) is 9.20. The molecule has 2 aromatic heterocycles. The molecule has 146 valence electrons. The molecule has 0 bridgehead atoms. The fourth-order valence-electron chi connectivity index (χ4n) is 3.33. The van der Waals surface area contributed by atoms with Crippen molar-refractivity contribution in [3.8, 4) is 0 Å². The number of ether oxygens (including phenoxy) is 1. The summed E-state index contributed by atoms with van der Waals surface area (Å²) in [7, 11) is 1.81. The molecule has 2 heterocycles. The number of H-pyrrole nitrogens is 1. The van der Waals surface area contributed by atoms with Crippen LogP contribution in [0.15, 0.2) is 18.3 Å². The molecule has 2 atom stereocenters. The fourth-order valence-corrected chi connectivity index (χ4v) is 3.33. The summed E-state index contributed by atoms with van der Waals surface area (Å²) in [6, 6.07) is 3.76. The van der Waals surface area contributed by atoms with Crippen molar-refractivity contribution in [3.63, 3.8) is 0 Å². The summed E-state index contributed by atoms with van der Waals surface area (Å²) >= 11 is 0. The number of alkyl carbamates (subject to hydrolysis) is 1. The van der Waals surface area contributed by atoms with Crippen LogP contribution in [0, 0.1) is 0 Å². The molecular formula is C18H26N6O3. The SMILES string of the molecule is CC(C)OC(=O)N[C@@H]1CC[C@H](c2cc(NC(=O)Cc3ccn(C)n3)n[nH]2)C1. The number of aromatic amines is 1. The first kappa shape index (κ1) is 18.9. The van der Waals surface area contributed by atoms with Gasteiger partial charge in [0.25, 0.3) is 0 Å². The summed E-state index contributed by atoms with van der Waals surface area (Å²) in [5.74, 6) is 0.610. The summed E-state index contributed by atoms with van der Waals surface area (Å²) in [4.78, 5) is 23.8. The van der Waals surface area contributed by atoms with E-state index in [4.69, 9.17) is 4.74 Å². The molecule has 0 spiro atoms. The van der Waals surface area contributed by atoms with Gasteiger partial charge in [-0.05, 0) is 39.2 Å². The van der Waals surface area contributed by atoms with Crippen LogP contribution in [0.5, 0.6) is 0 Å². The van der Waals surface area contributed by atoms with Crippen LogP contribution in [-0.4, -0.2) is 44.1 Å². The zero-order valence-electron chi connectivity index (χ0n) is 15.9. The molecule has 0 unspecified atom stereocenters. The van der Waals surface area contributed by atoms with E-state index in [0.717, 1.165) is 25.0 Å². The van der Waals surface area contributed by atoms with Crippen molar-refractivity contribution in [2.24, 2.45) is 7.05 Å². The highest BCUT2D eigenvalue weighted by molar-refractivity contribution is 5.91. The number of amides is 2. The van der Waals surface area contributed by atoms with Crippen LogP contribution in [0.25, 0.3) is 0 Å². The Morgan fingerprint density at radius 3 is 2.93 bits per heavy atom. The first-order chi connectivity index (χ1) is 12.9. The number of nitrogens with zero attached hydrogens (tertiary/aromatic N) is 3. The van der Waals surface area contributed by atoms with Crippen molar-refractivity contribution in [2.45, 2.75) is 57.6 Å². The lowest BCUT2D eigenvalue weighted by Crippen LogP contribution is -2.34. The molecule has 0 aliphatic heterocycles. The maximum atomic E-state index is 12.1. The topological polar surface area (TPSA) is 114 Å². The van der Waals surface area contributed by atoms with E-state index in [9.17, 15) is 9.59 Å². The third kappa shape index (κ3) is 5.32. The van der Waals surface area contributed by atoms with Crippen LogP contribution in [0.1, 0.15) is 50.4 Å². The van der Waals surface area contributed by atoms with Gasteiger partial charge in [-0.1, -0.05) is 0 Å². The molecule has 27 heavy (non-hydrogen) atoms. The molecule has 1 fully saturated rings. The maximum Gasteiger partial charge on any atom is 0.407 e. The number of anilines is 1. The van der Waals surface area contributed by atoms with E-state index in [0.29, 0.717) is 11.5 Å². The van der Waals surface area contributed by atoms with Crippen LogP contribution in [0.4, 0.5) is 10.6 Å². The average molecular weight is 374 g/mol. The maximum absolute atomic E-state index is 12.1. The van der Waals surface area contributed by atoms with Gasteiger partial charge in [0.1, 0.15) is 0 Å². The Morgan fingerprint density at radius 2 is 2.22 bits per heavy atom. The third-order valence-corrected chi connectivity index (χ3v) is 4.51. The highest BCUT2D eigenvalue weighted by atomic mass is 16.6. The number of aryl methyl sites for hydroxylation is 1. The predicted molar refractivity (Wildman–Crippen MR) is 99.3 cm³/mol. The van der Waals surface area contributed by atoms with E-state index in [-0.39, 0.29) is 36.5 Å². The molecule has 3 N–H and O–H groups in total. The second kappa shape index (κ2) is 8.24. The lowest BCUT2D eigenvalue weighted by atomic mass is 10.0. The minimum absolute atomic E-state index is 0.0896. The molecule has 1 aliphatic rings. The van der Waals surface area contributed by atoms with E-state index >= 15 is 0 Å². The molecule has 2 amide bonds. The van der Waals surface area contributed by atoms with Gasteiger partial charge in [-0.15, -0.1) is 0 Å². The van der Waals surface area contributed by atoms with Crippen LogP contribution in [0.3, 0.4) is 0 Å². The second-order valence-electron chi connectivity index (χ2n) is 7.22. The Bertz CT molecular complexity index is 797.